The highest BCUT2D eigenvalue weighted by Crippen LogP contribution is 2.25. The van der Waals surface area contributed by atoms with Crippen LogP contribution in [0.25, 0.3) is 0 Å². The molecule has 0 spiro atoms. The van der Waals surface area contributed by atoms with Crippen molar-refractivity contribution in [1.29, 1.82) is 0 Å². The number of aryl methyl sites for hydroxylation is 2. The van der Waals surface area contributed by atoms with Crippen LogP contribution < -0.4 is 10.6 Å². The second kappa shape index (κ2) is 9.43. The van der Waals surface area contributed by atoms with Crippen molar-refractivity contribution in [3.8, 4) is 0 Å². The average molecular weight is 406 g/mol. The topological polar surface area (TPSA) is 61.4 Å². The number of fused-ring (bicyclic) bond motifs is 1. The van der Waals surface area contributed by atoms with E-state index in [9.17, 15) is 9.59 Å². The van der Waals surface area contributed by atoms with Gasteiger partial charge in [0.05, 0.1) is 0 Å². The molecule has 5 heteroatoms. The summed E-state index contributed by atoms with van der Waals surface area (Å²) >= 11 is 0. The molecule has 2 aliphatic rings. The van der Waals surface area contributed by atoms with Crippen molar-refractivity contribution in [1.82, 2.24) is 10.2 Å². The first-order valence-corrected chi connectivity index (χ1v) is 11.1. The molecule has 5 nitrogen and oxygen atoms in total. The van der Waals surface area contributed by atoms with Gasteiger partial charge in [-0.05, 0) is 79.0 Å². The van der Waals surface area contributed by atoms with Gasteiger partial charge in [-0.3, -0.25) is 14.5 Å². The smallest absolute Gasteiger partial charge is 0.313 e. The third kappa shape index (κ3) is 5.08. The second-order valence-corrected chi connectivity index (χ2v) is 8.73. The van der Waals surface area contributed by atoms with Crippen LogP contribution in [-0.2, 0) is 35.5 Å². The first-order valence-electron chi connectivity index (χ1n) is 11.1. The number of anilines is 1. The first kappa shape index (κ1) is 20.6. The van der Waals surface area contributed by atoms with Crippen molar-refractivity contribution in [2.75, 3.05) is 18.4 Å². The van der Waals surface area contributed by atoms with Gasteiger partial charge < -0.3 is 10.6 Å². The lowest BCUT2D eigenvalue weighted by Crippen LogP contribution is -2.36. The number of hydrogen-bond acceptors (Lipinski definition) is 3. The summed E-state index contributed by atoms with van der Waals surface area (Å²) < 4.78 is 0. The summed E-state index contributed by atoms with van der Waals surface area (Å²) in [6, 6.07) is 14.1. The van der Waals surface area contributed by atoms with Gasteiger partial charge in [0.2, 0.25) is 0 Å². The van der Waals surface area contributed by atoms with E-state index in [1.165, 1.54) is 29.5 Å². The molecule has 0 aromatic heterocycles. The summed E-state index contributed by atoms with van der Waals surface area (Å²) in [6.07, 6.45) is 5.83. The van der Waals surface area contributed by atoms with Crippen molar-refractivity contribution in [3.63, 3.8) is 0 Å². The normalized spacial score (nSPS) is 18.6. The van der Waals surface area contributed by atoms with Gasteiger partial charge in [0.25, 0.3) is 0 Å². The molecular weight excluding hydrogens is 374 g/mol. The van der Waals surface area contributed by atoms with E-state index in [1.54, 1.807) is 0 Å². The van der Waals surface area contributed by atoms with Gasteiger partial charge in [-0.2, -0.15) is 0 Å². The van der Waals surface area contributed by atoms with E-state index >= 15 is 0 Å². The lowest BCUT2D eigenvalue weighted by atomic mass is 9.99. The minimum atomic E-state index is -0.615. The summed E-state index contributed by atoms with van der Waals surface area (Å²) in [5, 5.41) is 5.52. The van der Waals surface area contributed by atoms with Crippen molar-refractivity contribution in [2.24, 2.45) is 5.92 Å². The monoisotopic (exact) mass is 405 g/mol. The molecule has 0 radical (unpaired) electrons. The molecule has 2 N–H and O–H groups in total. The minimum Gasteiger partial charge on any atom is -0.344 e. The van der Waals surface area contributed by atoms with Crippen LogP contribution >= 0.6 is 0 Å². The number of piperidine rings is 1. The molecule has 1 heterocycles. The molecule has 1 fully saturated rings. The van der Waals surface area contributed by atoms with Crippen molar-refractivity contribution in [3.05, 3.63) is 64.7 Å². The fraction of sp³-hybridized carbons (Fsp3) is 0.440. The molecule has 158 valence electrons. The van der Waals surface area contributed by atoms with Gasteiger partial charge in [-0.15, -0.1) is 0 Å². The van der Waals surface area contributed by atoms with Crippen LogP contribution in [0, 0.1) is 5.92 Å². The summed E-state index contributed by atoms with van der Waals surface area (Å²) in [7, 11) is 0. The van der Waals surface area contributed by atoms with E-state index in [4.69, 9.17) is 0 Å². The number of rotatable bonds is 5. The molecule has 1 aliphatic heterocycles. The predicted molar refractivity (Wildman–Crippen MR) is 119 cm³/mol. The van der Waals surface area contributed by atoms with Gasteiger partial charge in [0.1, 0.15) is 0 Å². The van der Waals surface area contributed by atoms with E-state index in [1.807, 2.05) is 36.4 Å². The summed E-state index contributed by atoms with van der Waals surface area (Å²) in [5.41, 5.74) is 5.59. The molecule has 30 heavy (non-hydrogen) atoms. The Morgan fingerprint density at radius 3 is 2.63 bits per heavy atom. The molecule has 2 aromatic carbocycles. The quantitative estimate of drug-likeness (QED) is 0.747. The fourth-order valence-corrected chi connectivity index (χ4v) is 4.65. The van der Waals surface area contributed by atoms with E-state index in [0.29, 0.717) is 12.2 Å². The number of likely N-dealkylation sites (tertiary alicyclic amines) is 1. The average Bonchev–Trinajstić information content (AvgIpc) is 3.21. The van der Waals surface area contributed by atoms with Crippen LogP contribution in [0.5, 0.6) is 0 Å². The van der Waals surface area contributed by atoms with E-state index < -0.39 is 11.8 Å². The fourth-order valence-electron chi connectivity index (χ4n) is 4.65. The maximum atomic E-state index is 12.4. The second-order valence-electron chi connectivity index (χ2n) is 8.73. The molecule has 2 aromatic rings. The zero-order chi connectivity index (χ0) is 20.9. The standard InChI is InChI=1S/C25H31N3O2/c1-18-6-5-13-28(16-18)17-22-8-3-2-7-21(22)15-26-24(29)25(30)27-23-12-11-19-9-4-10-20(19)14-23/h2-3,7-8,11-12,14,18H,4-6,9-10,13,15-17H2,1H3,(H,26,29)(H,27,30). The molecular formula is C25H31N3O2. The zero-order valence-electron chi connectivity index (χ0n) is 17.7. The highest BCUT2D eigenvalue weighted by molar-refractivity contribution is 6.39. The van der Waals surface area contributed by atoms with Crippen LogP contribution in [0.2, 0.25) is 0 Å². The maximum absolute atomic E-state index is 12.4. The number of carbonyl (C=O) groups is 2. The number of nitrogens with zero attached hydrogens (tertiary/aromatic N) is 1. The van der Waals surface area contributed by atoms with E-state index in [0.717, 1.165) is 50.4 Å². The van der Waals surface area contributed by atoms with Crippen LogP contribution in [0.15, 0.2) is 42.5 Å². The van der Waals surface area contributed by atoms with Crippen molar-refractivity contribution < 1.29 is 9.59 Å². The maximum Gasteiger partial charge on any atom is 0.313 e. The molecule has 1 unspecified atom stereocenters. The van der Waals surface area contributed by atoms with Crippen LogP contribution in [0.4, 0.5) is 5.69 Å². The van der Waals surface area contributed by atoms with Crippen LogP contribution in [0.3, 0.4) is 0 Å². The Hall–Kier alpha value is -2.66. The zero-order valence-corrected chi connectivity index (χ0v) is 17.7. The Kier molecular flexibility index (Phi) is 6.48. The summed E-state index contributed by atoms with van der Waals surface area (Å²) in [6.45, 7) is 5.78. The molecule has 2 amide bonds. The Labute approximate surface area is 178 Å². The predicted octanol–water partition coefficient (Wildman–Crippen LogP) is 3.66. The molecule has 0 saturated carbocycles. The largest absolute Gasteiger partial charge is 0.344 e. The Morgan fingerprint density at radius 1 is 1.00 bits per heavy atom. The SMILES string of the molecule is CC1CCCN(Cc2ccccc2CNC(=O)C(=O)Nc2ccc3c(c2)CCC3)C1. The Balaban J connectivity index is 1.32. The van der Waals surface area contributed by atoms with E-state index in [-0.39, 0.29) is 0 Å². The van der Waals surface area contributed by atoms with Crippen LogP contribution in [0.1, 0.15) is 48.4 Å². The number of nitrogens with one attached hydrogen (secondary N) is 2. The van der Waals surface area contributed by atoms with Crippen LogP contribution in [-0.4, -0.2) is 29.8 Å². The Morgan fingerprint density at radius 2 is 1.80 bits per heavy atom. The third-order valence-electron chi connectivity index (χ3n) is 6.26. The molecule has 1 saturated heterocycles. The lowest BCUT2D eigenvalue weighted by molar-refractivity contribution is -0.136. The van der Waals surface area contributed by atoms with Gasteiger partial charge in [-0.25, -0.2) is 0 Å². The first-order chi connectivity index (χ1) is 14.6. The summed E-state index contributed by atoms with van der Waals surface area (Å²) in [4.78, 5) is 27.2. The third-order valence-corrected chi connectivity index (χ3v) is 6.26. The van der Waals surface area contributed by atoms with Crippen molar-refractivity contribution in [2.45, 2.75) is 52.1 Å². The molecule has 4 rings (SSSR count). The lowest BCUT2D eigenvalue weighted by Gasteiger charge is -2.31. The van der Waals surface area contributed by atoms with Gasteiger partial charge in [0.15, 0.2) is 0 Å². The number of amides is 2. The molecule has 1 aliphatic carbocycles. The highest BCUT2D eigenvalue weighted by atomic mass is 16.2. The highest BCUT2D eigenvalue weighted by Gasteiger charge is 2.19. The molecule has 1 atom stereocenters. The van der Waals surface area contributed by atoms with Gasteiger partial charge in [-0.1, -0.05) is 37.3 Å². The number of carbonyl (C=O) groups excluding carboxylic acids is 2. The van der Waals surface area contributed by atoms with Gasteiger partial charge >= 0.3 is 11.8 Å². The summed E-state index contributed by atoms with van der Waals surface area (Å²) in [5.74, 6) is -0.485. The molecule has 0 bridgehead atoms. The van der Waals surface area contributed by atoms with Crippen molar-refractivity contribution >= 4 is 17.5 Å². The van der Waals surface area contributed by atoms with E-state index in [2.05, 4.69) is 28.5 Å². The minimum absolute atomic E-state index is 0.357. The Bertz CT molecular complexity index is 924. The van der Waals surface area contributed by atoms with Gasteiger partial charge in [0, 0.05) is 25.3 Å². The number of hydrogen-bond donors (Lipinski definition) is 2. The number of benzene rings is 2.